The molecular formula is C11H14BrNO2S. The van der Waals surface area contributed by atoms with Crippen LogP contribution in [-0.4, -0.2) is 26.0 Å². The Bertz CT molecular complexity index is 499. The summed E-state index contributed by atoms with van der Waals surface area (Å²) in [6.45, 7) is 2.01. The summed E-state index contributed by atoms with van der Waals surface area (Å²) in [7, 11) is -2.82. The van der Waals surface area contributed by atoms with Crippen LogP contribution in [0.15, 0.2) is 22.7 Å². The third kappa shape index (κ3) is 2.58. The second kappa shape index (κ2) is 4.37. The number of anilines is 1. The molecule has 1 atom stereocenters. The number of nitrogens with one attached hydrogen (secondary N) is 1. The van der Waals surface area contributed by atoms with E-state index in [4.69, 9.17) is 0 Å². The van der Waals surface area contributed by atoms with Crippen LogP contribution in [0.3, 0.4) is 0 Å². The maximum absolute atomic E-state index is 11.3. The Morgan fingerprint density at radius 2 is 2.19 bits per heavy atom. The average molecular weight is 304 g/mol. The van der Waals surface area contributed by atoms with Crippen molar-refractivity contribution >= 4 is 31.5 Å². The van der Waals surface area contributed by atoms with Gasteiger partial charge >= 0.3 is 0 Å². The van der Waals surface area contributed by atoms with Gasteiger partial charge in [-0.15, -0.1) is 0 Å². The highest BCUT2D eigenvalue weighted by molar-refractivity contribution is 9.10. The summed E-state index contributed by atoms with van der Waals surface area (Å²) in [5, 5.41) is 3.28. The molecule has 0 radical (unpaired) electrons. The molecule has 1 heterocycles. The Kier molecular flexibility index (Phi) is 3.26. The van der Waals surface area contributed by atoms with E-state index in [0.717, 1.165) is 15.7 Å². The number of rotatable bonds is 2. The molecule has 5 heteroatoms. The monoisotopic (exact) mass is 303 g/mol. The molecular weight excluding hydrogens is 290 g/mol. The lowest BCUT2D eigenvalue weighted by Gasteiger charge is -2.14. The summed E-state index contributed by atoms with van der Waals surface area (Å²) < 4.78 is 23.7. The van der Waals surface area contributed by atoms with Crippen LogP contribution in [0.4, 0.5) is 5.69 Å². The van der Waals surface area contributed by atoms with Crippen LogP contribution in [-0.2, 0) is 9.84 Å². The van der Waals surface area contributed by atoms with Crippen LogP contribution < -0.4 is 5.32 Å². The first-order valence-corrected chi connectivity index (χ1v) is 7.81. The summed E-state index contributed by atoms with van der Waals surface area (Å²) in [4.78, 5) is 0. The molecule has 0 aliphatic carbocycles. The quantitative estimate of drug-likeness (QED) is 0.912. The largest absolute Gasteiger partial charge is 0.380 e. The van der Waals surface area contributed by atoms with Crippen molar-refractivity contribution in [1.29, 1.82) is 0 Å². The normalized spacial score (nSPS) is 23.2. The van der Waals surface area contributed by atoms with Gasteiger partial charge in [0.15, 0.2) is 9.84 Å². The van der Waals surface area contributed by atoms with Crippen LogP contribution >= 0.6 is 15.9 Å². The first-order chi connectivity index (χ1) is 7.48. The van der Waals surface area contributed by atoms with E-state index in [1.165, 1.54) is 0 Å². The number of sulfone groups is 1. The number of benzene rings is 1. The lowest BCUT2D eigenvalue weighted by molar-refractivity contribution is 0.602. The van der Waals surface area contributed by atoms with Gasteiger partial charge in [-0.2, -0.15) is 0 Å². The Morgan fingerprint density at radius 3 is 2.81 bits per heavy atom. The van der Waals surface area contributed by atoms with Gasteiger partial charge in [0.1, 0.15) is 0 Å². The Labute approximate surface area is 104 Å². The zero-order chi connectivity index (χ0) is 11.8. The van der Waals surface area contributed by atoms with Crippen molar-refractivity contribution in [3.8, 4) is 0 Å². The maximum Gasteiger partial charge on any atom is 0.152 e. The van der Waals surface area contributed by atoms with Gasteiger partial charge in [0.05, 0.1) is 11.5 Å². The first kappa shape index (κ1) is 11.9. The predicted molar refractivity (Wildman–Crippen MR) is 69.6 cm³/mol. The first-order valence-electron chi connectivity index (χ1n) is 5.20. The molecule has 1 unspecified atom stereocenters. The number of aryl methyl sites for hydroxylation is 1. The Morgan fingerprint density at radius 1 is 1.44 bits per heavy atom. The fourth-order valence-electron chi connectivity index (χ4n) is 1.89. The van der Waals surface area contributed by atoms with Crippen molar-refractivity contribution in [3.63, 3.8) is 0 Å². The Hall–Kier alpha value is -0.550. The fourth-order valence-corrected chi connectivity index (χ4v) is 3.94. The predicted octanol–water partition coefficient (Wildman–Crippen LogP) is 2.36. The fraction of sp³-hybridized carbons (Fsp3) is 0.455. The molecule has 16 heavy (non-hydrogen) atoms. The highest BCUT2D eigenvalue weighted by atomic mass is 79.9. The van der Waals surface area contributed by atoms with E-state index in [0.29, 0.717) is 12.2 Å². The van der Waals surface area contributed by atoms with Gasteiger partial charge in [-0.1, -0.05) is 12.1 Å². The Balaban J connectivity index is 2.14. The molecule has 0 aromatic heterocycles. The zero-order valence-corrected chi connectivity index (χ0v) is 11.4. The van der Waals surface area contributed by atoms with Crippen LogP contribution in [0.1, 0.15) is 12.0 Å². The van der Waals surface area contributed by atoms with Crippen molar-refractivity contribution in [2.75, 3.05) is 16.8 Å². The molecule has 88 valence electrons. The maximum atomic E-state index is 11.3. The smallest absolute Gasteiger partial charge is 0.152 e. The van der Waals surface area contributed by atoms with Gasteiger partial charge in [0.25, 0.3) is 0 Å². The molecule has 1 aliphatic rings. The van der Waals surface area contributed by atoms with Crippen molar-refractivity contribution < 1.29 is 8.42 Å². The number of hydrogen-bond acceptors (Lipinski definition) is 3. The topological polar surface area (TPSA) is 46.2 Å². The van der Waals surface area contributed by atoms with Gasteiger partial charge in [0, 0.05) is 16.2 Å². The van der Waals surface area contributed by atoms with Gasteiger partial charge in [-0.3, -0.25) is 0 Å². The van der Waals surface area contributed by atoms with E-state index >= 15 is 0 Å². The molecule has 0 saturated carbocycles. The standard InChI is InChI=1S/C11H14BrNO2S/c1-8-3-2-4-10(11(8)12)13-9-5-6-16(14,15)7-9/h2-4,9,13H,5-7H2,1H3. The van der Waals surface area contributed by atoms with Crippen LogP contribution in [0.25, 0.3) is 0 Å². The van der Waals surface area contributed by atoms with Crippen molar-refractivity contribution in [2.45, 2.75) is 19.4 Å². The third-order valence-electron chi connectivity index (χ3n) is 2.78. The summed E-state index contributed by atoms with van der Waals surface area (Å²) in [6, 6.07) is 5.98. The van der Waals surface area contributed by atoms with E-state index in [2.05, 4.69) is 21.2 Å². The molecule has 0 bridgehead atoms. The SMILES string of the molecule is Cc1cccc(NC2CCS(=O)(=O)C2)c1Br. The minimum absolute atomic E-state index is 0.0445. The van der Waals surface area contributed by atoms with Gasteiger partial charge in [-0.05, 0) is 40.9 Å². The number of hydrogen-bond donors (Lipinski definition) is 1. The van der Waals surface area contributed by atoms with Crippen molar-refractivity contribution in [2.24, 2.45) is 0 Å². The van der Waals surface area contributed by atoms with E-state index < -0.39 is 9.84 Å². The minimum Gasteiger partial charge on any atom is -0.380 e. The van der Waals surface area contributed by atoms with E-state index in [1.807, 2.05) is 25.1 Å². The second-order valence-electron chi connectivity index (χ2n) is 4.18. The van der Waals surface area contributed by atoms with Gasteiger partial charge in [-0.25, -0.2) is 8.42 Å². The van der Waals surface area contributed by atoms with Gasteiger partial charge < -0.3 is 5.32 Å². The lowest BCUT2D eigenvalue weighted by atomic mass is 10.2. The van der Waals surface area contributed by atoms with Gasteiger partial charge in [0.2, 0.25) is 0 Å². The summed E-state index contributed by atoms with van der Waals surface area (Å²) in [5.41, 5.74) is 2.12. The molecule has 3 nitrogen and oxygen atoms in total. The molecule has 0 spiro atoms. The molecule has 1 saturated heterocycles. The minimum atomic E-state index is -2.82. The second-order valence-corrected chi connectivity index (χ2v) is 7.20. The van der Waals surface area contributed by atoms with E-state index in [1.54, 1.807) is 0 Å². The van der Waals surface area contributed by atoms with Crippen LogP contribution in [0, 0.1) is 6.92 Å². The van der Waals surface area contributed by atoms with E-state index in [-0.39, 0.29) is 11.8 Å². The molecule has 0 amide bonds. The molecule has 2 rings (SSSR count). The summed E-state index contributed by atoms with van der Waals surface area (Å²) in [6.07, 6.45) is 0.697. The molecule has 1 aromatic carbocycles. The zero-order valence-electron chi connectivity index (χ0n) is 9.03. The summed E-state index contributed by atoms with van der Waals surface area (Å²) in [5.74, 6) is 0.543. The highest BCUT2D eigenvalue weighted by Crippen LogP contribution is 2.27. The molecule has 1 aromatic rings. The van der Waals surface area contributed by atoms with Crippen molar-refractivity contribution in [1.82, 2.24) is 0 Å². The van der Waals surface area contributed by atoms with Crippen LogP contribution in [0.5, 0.6) is 0 Å². The molecule has 1 aliphatic heterocycles. The number of halogens is 1. The summed E-state index contributed by atoms with van der Waals surface area (Å²) >= 11 is 3.50. The molecule has 1 fully saturated rings. The average Bonchev–Trinajstić information content (AvgIpc) is 2.53. The molecule has 1 N–H and O–H groups in total. The lowest BCUT2D eigenvalue weighted by Crippen LogP contribution is -2.20. The van der Waals surface area contributed by atoms with Crippen LogP contribution in [0.2, 0.25) is 0 Å². The third-order valence-corrected chi connectivity index (χ3v) is 5.60. The van der Waals surface area contributed by atoms with E-state index in [9.17, 15) is 8.42 Å². The highest BCUT2D eigenvalue weighted by Gasteiger charge is 2.27. The van der Waals surface area contributed by atoms with Crippen molar-refractivity contribution in [3.05, 3.63) is 28.2 Å².